The standard InChI is InChI=1S/C21H21ClN4O6/c1-21(2,3)31-20(30)26-9-15(23-10-26)19(29)25-5-4-14-12(8-25)18(32-24-14)11-6-13(22)17(28)7-16(11)27/h6-7,9-10,27-28H,4-5,8H2,1-3H3. The van der Waals surface area contributed by atoms with E-state index in [2.05, 4.69) is 10.1 Å². The third kappa shape index (κ3) is 4.13. The normalized spacial score (nSPS) is 13.7. The fourth-order valence-corrected chi connectivity index (χ4v) is 3.50. The van der Waals surface area contributed by atoms with E-state index in [0.717, 1.165) is 10.6 Å². The van der Waals surface area contributed by atoms with Crippen molar-refractivity contribution in [3.05, 3.63) is 46.6 Å². The van der Waals surface area contributed by atoms with E-state index < -0.39 is 11.7 Å². The van der Waals surface area contributed by atoms with Crippen LogP contribution in [-0.2, 0) is 17.7 Å². The molecular formula is C21H21ClN4O6. The van der Waals surface area contributed by atoms with Crippen molar-refractivity contribution in [1.29, 1.82) is 0 Å². The van der Waals surface area contributed by atoms with Crippen LogP contribution in [0.1, 0.15) is 42.5 Å². The lowest BCUT2D eigenvalue weighted by atomic mass is 10.0. The maximum Gasteiger partial charge on any atom is 0.419 e. The van der Waals surface area contributed by atoms with Gasteiger partial charge in [-0.1, -0.05) is 16.8 Å². The van der Waals surface area contributed by atoms with Crippen molar-refractivity contribution in [2.24, 2.45) is 0 Å². The van der Waals surface area contributed by atoms with Gasteiger partial charge >= 0.3 is 6.09 Å². The second-order valence-electron chi connectivity index (χ2n) is 8.38. The molecule has 168 valence electrons. The number of phenolic OH excluding ortho intramolecular Hbond substituents is 2. The van der Waals surface area contributed by atoms with Gasteiger partial charge in [-0.05, 0) is 26.8 Å². The Bertz CT molecular complexity index is 1210. The fourth-order valence-electron chi connectivity index (χ4n) is 3.34. The number of phenols is 2. The summed E-state index contributed by atoms with van der Waals surface area (Å²) in [5, 5.41) is 24.0. The number of rotatable bonds is 2. The Balaban J connectivity index is 1.57. The monoisotopic (exact) mass is 460 g/mol. The van der Waals surface area contributed by atoms with Crippen molar-refractivity contribution < 1.29 is 29.1 Å². The summed E-state index contributed by atoms with van der Waals surface area (Å²) < 4.78 is 11.8. The molecule has 0 saturated carbocycles. The minimum atomic E-state index is -0.678. The van der Waals surface area contributed by atoms with Crippen LogP contribution in [0.25, 0.3) is 11.3 Å². The molecule has 0 spiro atoms. The molecular weight excluding hydrogens is 440 g/mol. The highest BCUT2D eigenvalue weighted by Gasteiger charge is 2.30. The van der Waals surface area contributed by atoms with Crippen molar-refractivity contribution in [3.63, 3.8) is 0 Å². The molecule has 0 aliphatic carbocycles. The number of amides is 1. The lowest BCUT2D eigenvalue weighted by Gasteiger charge is -2.25. The molecule has 0 saturated heterocycles. The Hall–Kier alpha value is -3.53. The van der Waals surface area contributed by atoms with Crippen LogP contribution in [0.5, 0.6) is 11.5 Å². The molecule has 10 nitrogen and oxygen atoms in total. The molecule has 0 bridgehead atoms. The van der Waals surface area contributed by atoms with Gasteiger partial charge in [0.25, 0.3) is 5.91 Å². The Morgan fingerprint density at radius 2 is 1.97 bits per heavy atom. The number of ether oxygens (including phenoxy) is 1. The highest BCUT2D eigenvalue weighted by molar-refractivity contribution is 6.32. The molecule has 11 heteroatoms. The van der Waals surface area contributed by atoms with E-state index in [0.29, 0.717) is 24.2 Å². The Morgan fingerprint density at radius 1 is 1.22 bits per heavy atom. The number of imidazole rings is 1. The number of halogens is 1. The number of aromatic hydroxyl groups is 2. The van der Waals surface area contributed by atoms with Crippen LogP contribution in [0.4, 0.5) is 4.79 Å². The minimum absolute atomic E-state index is 0.0411. The second-order valence-corrected chi connectivity index (χ2v) is 8.79. The van der Waals surface area contributed by atoms with E-state index in [9.17, 15) is 19.8 Å². The van der Waals surface area contributed by atoms with Gasteiger partial charge in [-0.25, -0.2) is 14.3 Å². The second kappa shape index (κ2) is 7.86. The van der Waals surface area contributed by atoms with E-state index in [1.165, 1.54) is 18.6 Å². The van der Waals surface area contributed by atoms with E-state index in [1.807, 2.05) is 0 Å². The molecule has 1 aliphatic rings. The van der Waals surface area contributed by atoms with Crippen LogP contribution in [0.2, 0.25) is 5.02 Å². The zero-order valence-corrected chi connectivity index (χ0v) is 18.4. The van der Waals surface area contributed by atoms with Gasteiger partial charge in [-0.2, -0.15) is 0 Å². The van der Waals surface area contributed by atoms with Gasteiger partial charge in [0, 0.05) is 30.8 Å². The van der Waals surface area contributed by atoms with Crippen LogP contribution in [0, 0.1) is 0 Å². The first-order valence-corrected chi connectivity index (χ1v) is 10.2. The highest BCUT2D eigenvalue weighted by atomic mass is 35.5. The minimum Gasteiger partial charge on any atom is -0.507 e. The highest BCUT2D eigenvalue weighted by Crippen LogP contribution is 2.40. The van der Waals surface area contributed by atoms with Crippen molar-refractivity contribution in [1.82, 2.24) is 19.6 Å². The summed E-state index contributed by atoms with van der Waals surface area (Å²) >= 11 is 5.98. The lowest BCUT2D eigenvalue weighted by molar-refractivity contribution is 0.0536. The average molecular weight is 461 g/mol. The predicted molar refractivity (Wildman–Crippen MR) is 113 cm³/mol. The number of carbonyl (C=O) groups is 2. The molecule has 3 aromatic rings. The average Bonchev–Trinajstić information content (AvgIpc) is 3.36. The molecule has 0 unspecified atom stereocenters. The molecule has 1 amide bonds. The number of carbonyl (C=O) groups excluding carboxylic acids is 2. The summed E-state index contributed by atoms with van der Waals surface area (Å²) in [7, 11) is 0. The van der Waals surface area contributed by atoms with Crippen LogP contribution in [0.15, 0.2) is 29.2 Å². The summed E-state index contributed by atoms with van der Waals surface area (Å²) in [5.74, 6) is -0.613. The van der Waals surface area contributed by atoms with E-state index >= 15 is 0 Å². The summed E-state index contributed by atoms with van der Waals surface area (Å²) in [6.07, 6.45) is 2.36. The van der Waals surface area contributed by atoms with Gasteiger partial charge in [-0.15, -0.1) is 0 Å². The number of hydrogen-bond acceptors (Lipinski definition) is 8. The molecule has 0 radical (unpaired) electrons. The molecule has 1 aromatic carbocycles. The first kappa shape index (κ1) is 21.7. The van der Waals surface area contributed by atoms with Crippen LogP contribution in [0.3, 0.4) is 0 Å². The zero-order chi connectivity index (χ0) is 23.2. The number of fused-ring (bicyclic) bond motifs is 1. The van der Waals surface area contributed by atoms with Gasteiger partial charge in [0.15, 0.2) is 5.76 Å². The van der Waals surface area contributed by atoms with E-state index in [1.54, 1.807) is 25.7 Å². The van der Waals surface area contributed by atoms with Crippen molar-refractivity contribution in [3.8, 4) is 22.8 Å². The molecule has 3 heterocycles. The molecule has 0 atom stereocenters. The molecule has 32 heavy (non-hydrogen) atoms. The van der Waals surface area contributed by atoms with Gasteiger partial charge in [-0.3, -0.25) is 4.79 Å². The van der Waals surface area contributed by atoms with Crippen molar-refractivity contribution >= 4 is 23.6 Å². The van der Waals surface area contributed by atoms with E-state index in [4.69, 9.17) is 20.9 Å². The SMILES string of the molecule is CC(C)(C)OC(=O)n1cnc(C(=O)N2CCc3noc(-c4cc(Cl)c(O)cc4O)c3C2)c1. The molecule has 4 rings (SSSR count). The van der Waals surface area contributed by atoms with Gasteiger partial charge in [0.2, 0.25) is 0 Å². The number of aromatic nitrogens is 3. The summed E-state index contributed by atoms with van der Waals surface area (Å²) in [4.78, 5) is 30.8. The maximum absolute atomic E-state index is 13.0. The van der Waals surface area contributed by atoms with Crippen molar-refractivity contribution in [2.75, 3.05) is 6.54 Å². The summed E-state index contributed by atoms with van der Waals surface area (Å²) in [6, 6.07) is 2.48. The molecule has 2 aromatic heterocycles. The Kier molecular flexibility index (Phi) is 5.33. The van der Waals surface area contributed by atoms with Gasteiger partial charge in [0.1, 0.15) is 29.1 Å². The van der Waals surface area contributed by atoms with Crippen LogP contribution in [-0.4, -0.2) is 54.0 Å². The molecule has 2 N–H and O–H groups in total. The fraction of sp³-hybridized carbons (Fsp3) is 0.333. The predicted octanol–water partition coefficient (Wildman–Crippen LogP) is 3.58. The topological polar surface area (TPSA) is 131 Å². The summed E-state index contributed by atoms with van der Waals surface area (Å²) in [6.45, 7) is 5.77. The van der Waals surface area contributed by atoms with E-state index in [-0.39, 0.29) is 46.0 Å². The zero-order valence-electron chi connectivity index (χ0n) is 17.6. The number of benzene rings is 1. The van der Waals surface area contributed by atoms with Crippen molar-refractivity contribution in [2.45, 2.75) is 39.3 Å². The third-order valence-electron chi connectivity index (χ3n) is 4.84. The first-order valence-electron chi connectivity index (χ1n) is 9.79. The summed E-state index contributed by atoms with van der Waals surface area (Å²) in [5.41, 5.74) is 0.945. The van der Waals surface area contributed by atoms with Gasteiger partial charge < -0.3 is 24.4 Å². The van der Waals surface area contributed by atoms with Crippen LogP contribution >= 0.6 is 11.6 Å². The smallest absolute Gasteiger partial charge is 0.419 e. The third-order valence-corrected chi connectivity index (χ3v) is 5.14. The lowest BCUT2D eigenvalue weighted by Crippen LogP contribution is -2.36. The Labute approximate surface area is 188 Å². The quantitative estimate of drug-likeness (QED) is 0.593. The largest absolute Gasteiger partial charge is 0.507 e. The molecule has 1 aliphatic heterocycles. The number of hydrogen-bond donors (Lipinski definition) is 2. The van der Waals surface area contributed by atoms with Gasteiger partial charge in [0.05, 0.1) is 22.8 Å². The Morgan fingerprint density at radius 3 is 2.69 bits per heavy atom. The van der Waals surface area contributed by atoms with Crippen LogP contribution < -0.4 is 0 Å². The first-order chi connectivity index (χ1) is 15.0. The molecule has 0 fully saturated rings. The maximum atomic E-state index is 13.0. The number of nitrogens with zero attached hydrogens (tertiary/aromatic N) is 4.